The zero-order chi connectivity index (χ0) is 26.6. The van der Waals surface area contributed by atoms with Gasteiger partial charge in [-0.2, -0.15) is 0 Å². The van der Waals surface area contributed by atoms with Crippen LogP contribution in [0.5, 0.6) is 0 Å². The van der Waals surface area contributed by atoms with E-state index in [4.69, 9.17) is 12.3 Å². The number of esters is 1. The van der Waals surface area contributed by atoms with E-state index in [1.165, 1.54) is 5.31 Å². The number of hydrogen-bond donors (Lipinski definition) is 2. The van der Waals surface area contributed by atoms with E-state index < -0.39 is 35.2 Å². The second-order valence-electron chi connectivity index (χ2n) is 10.7. The van der Waals surface area contributed by atoms with Crippen molar-refractivity contribution in [1.29, 1.82) is 0 Å². The maximum Gasteiger partial charge on any atom is 0.334 e. The summed E-state index contributed by atoms with van der Waals surface area (Å²) in [7, 11) is 1.59. The van der Waals surface area contributed by atoms with Gasteiger partial charge >= 0.3 is 5.97 Å². The van der Waals surface area contributed by atoms with Crippen LogP contribution in [-0.4, -0.2) is 48.3 Å². The van der Waals surface area contributed by atoms with Crippen LogP contribution < -0.4 is 10.6 Å². The quantitative estimate of drug-likeness (QED) is 0.440. The molecule has 1 aliphatic rings. The average molecular weight is 455 g/mol. The minimum absolute atomic E-state index is 0.185. The minimum Gasteiger partial charge on any atom is -0.460 e. The molecule has 0 radical (unpaired) electrons. The Kier molecular flexibility index (Phi) is 8.79. The largest absolute Gasteiger partial charge is 0.460 e. The van der Waals surface area contributed by atoms with Crippen LogP contribution in [0, 0.1) is 11.3 Å². The number of amides is 1. The molecule has 2 N–H and O–H groups in total. The minimum atomic E-state index is -1.20. The zero-order valence-corrected chi connectivity index (χ0v) is 22.2. The molecule has 1 amide bonds. The van der Waals surface area contributed by atoms with Gasteiger partial charge < -0.3 is 20.1 Å². The monoisotopic (exact) mass is 454 g/mol. The highest BCUT2D eigenvalue weighted by Crippen LogP contribution is 2.44. The molecule has 4 atom stereocenters. The summed E-state index contributed by atoms with van der Waals surface area (Å²) in [5.74, 6) is -1.19. The second-order valence-corrected chi connectivity index (χ2v) is 10.7. The van der Waals surface area contributed by atoms with Gasteiger partial charge in [0.25, 0.3) is 0 Å². The molecule has 0 aromatic rings. The van der Waals surface area contributed by atoms with Gasteiger partial charge in [0, 0.05) is 17.5 Å². The Morgan fingerprint density at radius 2 is 1.84 bits per heavy atom. The van der Waals surface area contributed by atoms with Crippen LogP contribution in [-0.2, 0) is 19.1 Å². The van der Waals surface area contributed by atoms with Crippen molar-refractivity contribution in [1.82, 2.24) is 10.6 Å². The Morgan fingerprint density at radius 3 is 2.28 bits per heavy atom. The Morgan fingerprint density at radius 1 is 1.25 bits per heavy atom. The highest BCUT2D eigenvalue weighted by molar-refractivity contribution is 5.89. The Labute approximate surface area is 199 Å². The third kappa shape index (κ3) is 6.34. The topological polar surface area (TPSA) is 76.7 Å². The normalized spacial score (nSPS) is 27.0. The lowest BCUT2D eigenvalue weighted by molar-refractivity contribution is -0.169. The number of nitrogens with one attached hydrogen (secondary N) is 2. The van der Waals surface area contributed by atoms with Crippen molar-refractivity contribution in [3.05, 3.63) is 11.6 Å². The molecule has 1 rings (SSSR count). The van der Waals surface area contributed by atoms with Gasteiger partial charge in [-0.1, -0.05) is 48.0 Å². The highest BCUT2D eigenvalue weighted by Gasteiger charge is 2.51. The predicted molar refractivity (Wildman–Crippen MR) is 130 cm³/mol. The average Bonchev–Trinajstić information content (AvgIpc) is 2.73. The molecule has 186 valence electrons. The summed E-state index contributed by atoms with van der Waals surface area (Å²) in [6.45, 7) is 19.5. The summed E-state index contributed by atoms with van der Waals surface area (Å²) in [6, 6.07) is -0.645. The lowest BCUT2D eigenvalue weighted by Crippen LogP contribution is -2.69. The maximum atomic E-state index is 13.1. The van der Waals surface area contributed by atoms with Crippen molar-refractivity contribution in [3.63, 3.8) is 0 Å². The van der Waals surface area contributed by atoms with Gasteiger partial charge in [-0.3, -0.25) is 4.79 Å². The van der Waals surface area contributed by atoms with Crippen molar-refractivity contribution in [2.75, 3.05) is 7.05 Å². The summed E-state index contributed by atoms with van der Waals surface area (Å²) < 4.78 is 29.8. The molecule has 0 heterocycles. The SMILES string of the molecule is [2H]N(C)[C@H]1CC(C(=O)OC(C)C)=C[C@@H](OC(C)(CCC)C(C)(C)CC)[C@]1(C)N([2H])C(=O)C(C)C. The molecular formula is C26H48N2O4. The molecule has 0 aromatic heterocycles. The van der Waals surface area contributed by atoms with Crippen LogP contribution >= 0.6 is 0 Å². The fourth-order valence-electron chi connectivity index (χ4n) is 4.16. The van der Waals surface area contributed by atoms with Gasteiger partial charge in [-0.25, -0.2) is 4.79 Å². The Bertz CT molecular complexity index is 753. The van der Waals surface area contributed by atoms with E-state index in [0.717, 1.165) is 24.6 Å². The van der Waals surface area contributed by atoms with E-state index in [9.17, 15) is 9.59 Å². The lowest BCUT2D eigenvalue weighted by Gasteiger charge is -2.52. The molecule has 6 heteroatoms. The molecule has 0 fully saturated rings. The summed E-state index contributed by atoms with van der Waals surface area (Å²) >= 11 is 0. The number of carbonyl (C=O) groups is 2. The Balaban J connectivity index is 3.77. The molecule has 0 aliphatic heterocycles. The number of hydrogen-bond acceptors (Lipinski definition) is 5. The fourth-order valence-corrected chi connectivity index (χ4v) is 4.16. The van der Waals surface area contributed by atoms with Gasteiger partial charge in [0.2, 0.25) is 5.91 Å². The number of likely N-dealkylation sites (N-methyl/N-ethyl adjacent to an activating group) is 1. The molecule has 0 saturated carbocycles. The lowest BCUT2D eigenvalue weighted by atomic mass is 9.70. The van der Waals surface area contributed by atoms with E-state index in [-0.39, 0.29) is 23.8 Å². The van der Waals surface area contributed by atoms with E-state index in [1.807, 2.05) is 0 Å². The molecule has 0 saturated heterocycles. The van der Waals surface area contributed by atoms with E-state index >= 15 is 0 Å². The molecule has 0 aromatic carbocycles. The summed E-state index contributed by atoms with van der Waals surface area (Å²) in [6.07, 6.45) is 3.40. The fraction of sp³-hybridized carbons (Fsp3) is 0.846. The summed E-state index contributed by atoms with van der Waals surface area (Å²) in [5, 5.41) is 2.23. The maximum absolute atomic E-state index is 13.1. The Hall–Kier alpha value is -1.40. The van der Waals surface area contributed by atoms with Crippen LogP contribution in [0.3, 0.4) is 0 Å². The van der Waals surface area contributed by atoms with Crippen molar-refractivity contribution >= 4 is 11.9 Å². The first-order valence-electron chi connectivity index (χ1n) is 13.0. The van der Waals surface area contributed by atoms with Gasteiger partial charge in [0.05, 0.1) is 17.2 Å². The molecule has 6 nitrogen and oxygen atoms in total. The van der Waals surface area contributed by atoms with Crippen LogP contribution in [0.25, 0.3) is 0 Å². The number of rotatable bonds is 11. The van der Waals surface area contributed by atoms with Crippen LogP contribution in [0.1, 0.15) is 94.9 Å². The summed E-state index contributed by atoms with van der Waals surface area (Å²) in [5.41, 5.74) is -1.57. The standard InChI is InChI=1S/C26H48N2O4/c1-12-14-25(9,24(7,8)13-2)32-21-16-19(23(30)31-18(5)6)15-20(27-11)26(21,10)28-22(29)17(3)4/h16-18,20-21,27H,12-15H2,1-11H3,(H,28,29)/t20-,21+,25?,26+/m0/s1/i/hD2. The van der Waals surface area contributed by atoms with E-state index in [1.54, 1.807) is 47.7 Å². The zero-order valence-electron chi connectivity index (χ0n) is 24.2. The second kappa shape index (κ2) is 11.1. The van der Waals surface area contributed by atoms with E-state index in [0.29, 0.717) is 5.57 Å². The van der Waals surface area contributed by atoms with Crippen LogP contribution in [0.2, 0.25) is 2.82 Å². The third-order valence-electron chi connectivity index (χ3n) is 7.21. The summed E-state index contributed by atoms with van der Waals surface area (Å²) in [4.78, 5) is 26.0. The first kappa shape index (κ1) is 25.2. The smallest absolute Gasteiger partial charge is 0.334 e. The van der Waals surface area contributed by atoms with Gasteiger partial charge in [0.15, 0.2) is 1.41 Å². The highest BCUT2D eigenvalue weighted by atomic mass is 16.5. The van der Waals surface area contributed by atoms with E-state index in [2.05, 4.69) is 34.6 Å². The van der Waals surface area contributed by atoms with Crippen molar-refractivity contribution in [3.8, 4) is 0 Å². The molecule has 0 bridgehead atoms. The van der Waals surface area contributed by atoms with Crippen LogP contribution in [0.15, 0.2) is 11.6 Å². The molecular weight excluding hydrogens is 404 g/mol. The number of ether oxygens (including phenoxy) is 2. The predicted octanol–water partition coefficient (Wildman–Crippen LogP) is 4.77. The first-order valence-corrected chi connectivity index (χ1v) is 12.1. The molecule has 1 aliphatic carbocycles. The van der Waals surface area contributed by atoms with Gasteiger partial charge in [-0.15, -0.1) is 0 Å². The van der Waals surface area contributed by atoms with Crippen molar-refractivity contribution in [2.24, 2.45) is 11.3 Å². The number of carbonyl (C=O) groups excluding carboxylic acids is 2. The third-order valence-corrected chi connectivity index (χ3v) is 7.21. The molecule has 1 unspecified atom stereocenters. The molecule has 32 heavy (non-hydrogen) atoms. The van der Waals surface area contributed by atoms with Gasteiger partial charge in [-0.05, 0) is 65.5 Å². The van der Waals surface area contributed by atoms with Crippen molar-refractivity contribution < 1.29 is 21.9 Å². The molecule has 0 spiro atoms. The van der Waals surface area contributed by atoms with Crippen molar-refractivity contribution in [2.45, 2.75) is 124 Å². The van der Waals surface area contributed by atoms with Crippen LogP contribution in [0.4, 0.5) is 0 Å². The van der Waals surface area contributed by atoms with Gasteiger partial charge in [0.1, 0.15) is 7.52 Å². The first-order chi connectivity index (χ1) is 15.5.